The van der Waals surface area contributed by atoms with Crippen molar-refractivity contribution >= 4 is 11.0 Å². The predicted octanol–water partition coefficient (Wildman–Crippen LogP) is 2.40. The Morgan fingerprint density at radius 2 is 1.12 bits per heavy atom. The number of fused-ring (bicyclic) bond motifs is 1. The van der Waals surface area contributed by atoms with E-state index >= 15 is 0 Å². The lowest BCUT2D eigenvalue weighted by molar-refractivity contribution is 0.509. The standard InChI is InChI=1S/C12H8.H2O3S/c1-2-4-9(5-3-1)10-6-11-8-12(11)7-10;1-4(2)3/h1-8H;4H,(H,1,2,3). The summed E-state index contributed by atoms with van der Waals surface area (Å²) < 4.78 is 24.2. The van der Waals surface area contributed by atoms with Gasteiger partial charge in [-0.1, -0.05) is 30.3 Å². The van der Waals surface area contributed by atoms with Crippen LogP contribution in [0.1, 0.15) is 0 Å². The first-order valence-electron chi connectivity index (χ1n) is 4.71. The number of hydrogen-bond acceptors (Lipinski definition) is 2. The first-order chi connectivity index (χ1) is 7.66. The lowest BCUT2D eigenvalue weighted by atomic mass is 10.1. The van der Waals surface area contributed by atoms with Crippen LogP contribution in [0.25, 0.3) is 22.3 Å². The van der Waals surface area contributed by atoms with Crippen molar-refractivity contribution in [1.82, 2.24) is 0 Å². The molecule has 0 fully saturated rings. The number of benzene rings is 2. The van der Waals surface area contributed by atoms with E-state index in [2.05, 4.69) is 42.5 Å². The summed E-state index contributed by atoms with van der Waals surface area (Å²) in [6.45, 7) is 0. The fraction of sp³-hybridized carbons (Fsp3) is 0. The van der Waals surface area contributed by atoms with E-state index in [1.807, 2.05) is 6.07 Å². The highest BCUT2D eigenvalue weighted by molar-refractivity contribution is 7.66. The number of rotatable bonds is 1. The van der Waals surface area contributed by atoms with Gasteiger partial charge in [0.15, 0.2) is 0 Å². The van der Waals surface area contributed by atoms with Gasteiger partial charge in [-0.25, -0.2) is 8.42 Å². The molecule has 0 aliphatic heterocycles. The highest BCUT2D eigenvalue weighted by atomic mass is 32.2. The van der Waals surface area contributed by atoms with Crippen LogP contribution in [0.4, 0.5) is 0 Å². The van der Waals surface area contributed by atoms with E-state index in [1.165, 1.54) is 22.3 Å². The minimum Gasteiger partial charge on any atom is -0.288 e. The molecule has 1 aromatic carbocycles. The Labute approximate surface area is 95.1 Å². The fourth-order valence-electron chi connectivity index (χ4n) is 1.56. The summed E-state index contributed by atoms with van der Waals surface area (Å²) in [5, 5.41) is 0. The summed E-state index contributed by atoms with van der Waals surface area (Å²) in [7, 11) is -3.12. The van der Waals surface area contributed by atoms with E-state index in [9.17, 15) is 0 Å². The molecule has 1 aromatic rings. The fourth-order valence-corrected chi connectivity index (χ4v) is 1.56. The van der Waals surface area contributed by atoms with Gasteiger partial charge in [0.2, 0.25) is 0 Å². The van der Waals surface area contributed by atoms with E-state index in [0.29, 0.717) is 0 Å². The zero-order valence-corrected chi connectivity index (χ0v) is 9.22. The largest absolute Gasteiger partial charge is 0.288 e. The molecule has 2 aliphatic carbocycles. The molecule has 0 radical (unpaired) electrons. The molecule has 1 N–H and O–H groups in total. The second-order valence-corrected chi connectivity index (χ2v) is 3.88. The number of thiol groups is 1. The molecule has 0 saturated carbocycles. The van der Waals surface area contributed by atoms with Crippen LogP contribution in [-0.4, -0.2) is 13.0 Å². The summed E-state index contributed by atoms with van der Waals surface area (Å²) in [6.07, 6.45) is 0. The zero-order valence-electron chi connectivity index (χ0n) is 8.33. The molecule has 0 aromatic heterocycles. The molecule has 0 unspecified atom stereocenters. The van der Waals surface area contributed by atoms with Gasteiger partial charge in [-0.2, -0.15) is 0 Å². The van der Waals surface area contributed by atoms with E-state index in [4.69, 9.17) is 13.0 Å². The van der Waals surface area contributed by atoms with Gasteiger partial charge < -0.3 is 0 Å². The molecule has 0 amide bonds. The van der Waals surface area contributed by atoms with Crippen molar-refractivity contribution in [3.8, 4) is 22.3 Å². The minimum absolute atomic E-state index is 1.32. The van der Waals surface area contributed by atoms with Gasteiger partial charge in [0.1, 0.15) is 0 Å². The molecular weight excluding hydrogens is 224 g/mol. The quantitative estimate of drug-likeness (QED) is 0.502. The average molecular weight is 234 g/mol. The summed E-state index contributed by atoms with van der Waals surface area (Å²) in [4.78, 5) is 0. The van der Waals surface area contributed by atoms with Gasteiger partial charge in [-0.15, -0.1) is 0 Å². The third-order valence-corrected chi connectivity index (χ3v) is 2.29. The summed E-state index contributed by atoms with van der Waals surface area (Å²) in [6, 6.07) is 17.2. The lowest BCUT2D eigenvalue weighted by Crippen LogP contribution is -1.69. The Morgan fingerprint density at radius 1 is 0.750 bits per heavy atom. The predicted molar refractivity (Wildman–Crippen MR) is 63.8 cm³/mol. The van der Waals surface area contributed by atoms with Crippen LogP contribution in [0.15, 0.2) is 48.5 Å². The molecule has 0 heterocycles. The van der Waals surface area contributed by atoms with Crippen LogP contribution < -0.4 is 0 Å². The second kappa shape index (κ2) is 4.47. The smallest absolute Gasteiger partial charge is 0.254 e. The van der Waals surface area contributed by atoms with Crippen molar-refractivity contribution in [2.45, 2.75) is 0 Å². The summed E-state index contributed by atoms with van der Waals surface area (Å²) >= 11 is 0. The first kappa shape index (κ1) is 10.9. The van der Waals surface area contributed by atoms with E-state index in [0.717, 1.165) is 0 Å². The van der Waals surface area contributed by atoms with Gasteiger partial charge in [-0.05, 0) is 40.5 Å². The van der Waals surface area contributed by atoms with Gasteiger partial charge in [-0.3, -0.25) is 4.55 Å². The Hall–Kier alpha value is -1.65. The van der Waals surface area contributed by atoms with Crippen LogP contribution in [0, 0.1) is 0 Å². The van der Waals surface area contributed by atoms with Gasteiger partial charge in [0, 0.05) is 0 Å². The van der Waals surface area contributed by atoms with Crippen LogP contribution in [0.5, 0.6) is 0 Å². The third kappa shape index (κ3) is 2.68. The first-order valence-corrected chi connectivity index (χ1v) is 5.84. The molecule has 82 valence electrons. The van der Waals surface area contributed by atoms with Crippen molar-refractivity contribution < 1.29 is 13.0 Å². The van der Waals surface area contributed by atoms with Crippen molar-refractivity contribution in [3.05, 3.63) is 48.5 Å². The third-order valence-electron chi connectivity index (χ3n) is 2.29. The van der Waals surface area contributed by atoms with Crippen LogP contribution in [-0.2, 0) is 11.0 Å². The highest BCUT2D eigenvalue weighted by Crippen LogP contribution is 2.40. The molecule has 0 spiro atoms. The van der Waals surface area contributed by atoms with Crippen LogP contribution in [0.2, 0.25) is 0 Å². The Bertz CT molecular complexity index is 546. The van der Waals surface area contributed by atoms with Crippen molar-refractivity contribution in [2.24, 2.45) is 0 Å². The van der Waals surface area contributed by atoms with Gasteiger partial charge >= 0.3 is 0 Å². The number of hydrogen-bond donors (Lipinski definition) is 2. The second-order valence-electron chi connectivity index (χ2n) is 3.40. The molecule has 4 heteroatoms. The van der Waals surface area contributed by atoms with Crippen molar-refractivity contribution in [2.75, 3.05) is 0 Å². The molecule has 3 rings (SSSR count). The Morgan fingerprint density at radius 3 is 1.56 bits per heavy atom. The highest BCUT2D eigenvalue weighted by Gasteiger charge is 2.14. The summed E-state index contributed by atoms with van der Waals surface area (Å²) in [5.74, 6) is 0. The molecule has 2 aliphatic rings. The van der Waals surface area contributed by atoms with Crippen molar-refractivity contribution in [3.63, 3.8) is 0 Å². The van der Waals surface area contributed by atoms with E-state index in [-0.39, 0.29) is 0 Å². The minimum atomic E-state index is -3.12. The normalized spacial score (nSPS) is 10.6. The topological polar surface area (TPSA) is 54.4 Å². The maximum absolute atomic E-state index is 8.59. The molecule has 0 atom stereocenters. The van der Waals surface area contributed by atoms with Gasteiger partial charge in [0.25, 0.3) is 11.0 Å². The Balaban J connectivity index is 0.000000212. The maximum atomic E-state index is 8.59. The SMILES string of the molecule is O=[SH](=O)O.c1ccc(-c2cc3cc-3c2)cc1. The zero-order chi connectivity index (χ0) is 11.5. The monoisotopic (exact) mass is 234 g/mol. The Kier molecular flexibility index (Phi) is 3.03. The lowest BCUT2D eigenvalue weighted by Gasteiger charge is -1.94. The summed E-state index contributed by atoms with van der Waals surface area (Å²) in [5.41, 5.74) is 5.49. The average Bonchev–Trinajstić information content (AvgIpc) is 2.86. The molecule has 16 heavy (non-hydrogen) atoms. The molecule has 3 nitrogen and oxygen atoms in total. The van der Waals surface area contributed by atoms with Crippen LogP contribution in [0.3, 0.4) is 0 Å². The molecule has 0 saturated heterocycles. The van der Waals surface area contributed by atoms with Crippen LogP contribution >= 0.6 is 0 Å². The van der Waals surface area contributed by atoms with E-state index in [1.54, 1.807) is 0 Å². The maximum Gasteiger partial charge on any atom is 0.254 e. The van der Waals surface area contributed by atoms with E-state index < -0.39 is 11.0 Å². The van der Waals surface area contributed by atoms with Crippen molar-refractivity contribution in [1.29, 1.82) is 0 Å². The van der Waals surface area contributed by atoms with Gasteiger partial charge in [0.05, 0.1) is 0 Å². The molecule has 0 bridgehead atoms. The molecular formula is C12H10O3S.